The van der Waals surface area contributed by atoms with Crippen LogP contribution in [0.5, 0.6) is 0 Å². The lowest BCUT2D eigenvalue weighted by atomic mass is 10.0. The monoisotopic (exact) mass is 409 g/mol. The van der Waals surface area contributed by atoms with Crippen molar-refractivity contribution in [1.29, 1.82) is 0 Å². The molecule has 2 aromatic carbocycles. The Morgan fingerprint density at radius 1 is 1.00 bits per heavy atom. The molecule has 0 bridgehead atoms. The number of esters is 1. The van der Waals surface area contributed by atoms with Crippen molar-refractivity contribution in [2.75, 3.05) is 6.61 Å². The third kappa shape index (κ3) is 3.35. The Morgan fingerprint density at radius 2 is 1.71 bits per heavy atom. The van der Waals surface area contributed by atoms with Crippen molar-refractivity contribution >= 4 is 45.6 Å². The topological polar surface area (TPSA) is 48.3 Å². The Hall–Kier alpha value is -2.89. The van der Waals surface area contributed by atoms with Crippen LogP contribution in [0.3, 0.4) is 0 Å². The number of Topliss-reactive ketones (excluding diaryl/α,β-unsaturated/α-hetero) is 1. The molecule has 0 saturated heterocycles. The number of thiophene rings is 1. The van der Waals surface area contributed by atoms with Crippen molar-refractivity contribution in [3.8, 4) is 11.3 Å². The fourth-order valence-corrected chi connectivity index (χ4v) is 4.24. The van der Waals surface area contributed by atoms with Crippen molar-refractivity contribution in [1.82, 2.24) is 4.57 Å². The number of hydrogen-bond donors (Lipinski definition) is 0. The van der Waals surface area contributed by atoms with Gasteiger partial charge in [0.25, 0.3) is 0 Å². The van der Waals surface area contributed by atoms with Crippen LogP contribution in [-0.4, -0.2) is 22.9 Å². The molecule has 0 saturated carbocycles. The van der Waals surface area contributed by atoms with Crippen LogP contribution in [-0.2, 0) is 11.8 Å². The second-order valence-corrected chi connectivity index (χ2v) is 7.98. The third-order valence-corrected chi connectivity index (χ3v) is 5.75. The smallest absolute Gasteiger partial charge is 0.348 e. The van der Waals surface area contributed by atoms with Gasteiger partial charge in [0, 0.05) is 18.0 Å². The van der Waals surface area contributed by atoms with Gasteiger partial charge in [0.15, 0.2) is 6.61 Å². The highest BCUT2D eigenvalue weighted by atomic mass is 35.5. The number of aromatic nitrogens is 1. The summed E-state index contributed by atoms with van der Waals surface area (Å²) in [5, 5.41) is 0.837. The molecule has 140 valence electrons. The maximum Gasteiger partial charge on any atom is 0.348 e. The highest BCUT2D eigenvalue weighted by Crippen LogP contribution is 2.33. The minimum Gasteiger partial charge on any atom is -0.453 e. The first-order valence-electron chi connectivity index (χ1n) is 8.64. The molecule has 2 aromatic heterocycles. The summed E-state index contributed by atoms with van der Waals surface area (Å²) in [4.78, 5) is 25.7. The molecule has 0 aliphatic carbocycles. The van der Waals surface area contributed by atoms with E-state index >= 15 is 0 Å². The second-order valence-electron chi connectivity index (χ2n) is 6.27. The highest BCUT2D eigenvalue weighted by molar-refractivity contribution is 7.17. The number of ketones is 1. The van der Waals surface area contributed by atoms with Crippen LogP contribution < -0.4 is 0 Å². The van der Waals surface area contributed by atoms with Crippen LogP contribution in [0.4, 0.5) is 0 Å². The van der Waals surface area contributed by atoms with Crippen molar-refractivity contribution in [3.63, 3.8) is 0 Å². The molecule has 0 spiro atoms. The number of benzene rings is 2. The number of aryl methyl sites for hydroxylation is 1. The molecule has 4 aromatic rings. The molecule has 4 rings (SSSR count). The molecule has 0 atom stereocenters. The van der Waals surface area contributed by atoms with Crippen LogP contribution in [0.25, 0.3) is 22.2 Å². The minimum atomic E-state index is -0.549. The number of nitrogens with zero attached hydrogens (tertiary/aromatic N) is 1. The summed E-state index contributed by atoms with van der Waals surface area (Å²) < 4.78 is 7.76. The summed E-state index contributed by atoms with van der Waals surface area (Å²) in [6.45, 7) is -0.331. The van der Waals surface area contributed by atoms with E-state index in [1.807, 2.05) is 66.2 Å². The summed E-state index contributed by atoms with van der Waals surface area (Å²) >= 11 is 6.99. The van der Waals surface area contributed by atoms with Crippen molar-refractivity contribution in [3.05, 3.63) is 81.5 Å². The van der Waals surface area contributed by atoms with Gasteiger partial charge in [-0.2, -0.15) is 0 Å². The summed E-state index contributed by atoms with van der Waals surface area (Å²) in [7, 11) is 1.93. The van der Waals surface area contributed by atoms with E-state index in [4.69, 9.17) is 16.3 Å². The van der Waals surface area contributed by atoms with E-state index < -0.39 is 5.97 Å². The predicted octanol–water partition coefficient (Wildman–Crippen LogP) is 5.60. The van der Waals surface area contributed by atoms with E-state index in [9.17, 15) is 9.59 Å². The fourth-order valence-electron chi connectivity index (χ4n) is 3.31. The van der Waals surface area contributed by atoms with E-state index in [-0.39, 0.29) is 12.4 Å². The zero-order valence-electron chi connectivity index (χ0n) is 15.0. The quantitative estimate of drug-likeness (QED) is 0.318. The standard InChI is InChI=1S/C22H16ClNO3S/c1-24-16-10-6-5-9-15(16)20(21(24)14-7-3-2-4-8-14)17(25)13-27-22(26)18-11-12-19(23)28-18/h2-12H,13H2,1H3. The van der Waals surface area contributed by atoms with Crippen LogP contribution in [0, 0.1) is 0 Å². The predicted molar refractivity (Wildman–Crippen MR) is 112 cm³/mol. The van der Waals surface area contributed by atoms with Crippen LogP contribution in [0.15, 0.2) is 66.7 Å². The molecule has 6 heteroatoms. The van der Waals surface area contributed by atoms with Crippen molar-refractivity contribution < 1.29 is 14.3 Å². The van der Waals surface area contributed by atoms with Gasteiger partial charge in [-0.1, -0.05) is 60.1 Å². The van der Waals surface area contributed by atoms with Gasteiger partial charge in [-0.05, 0) is 23.8 Å². The molecule has 4 nitrogen and oxygen atoms in total. The maximum absolute atomic E-state index is 13.1. The van der Waals surface area contributed by atoms with E-state index in [1.165, 1.54) is 0 Å². The van der Waals surface area contributed by atoms with Gasteiger partial charge in [0.1, 0.15) is 4.88 Å². The molecular formula is C22H16ClNO3S. The molecule has 0 unspecified atom stereocenters. The lowest BCUT2D eigenvalue weighted by Gasteiger charge is -2.08. The SMILES string of the molecule is Cn1c(-c2ccccc2)c(C(=O)COC(=O)c2ccc(Cl)s2)c2ccccc21. The molecule has 0 aliphatic rings. The second kappa shape index (κ2) is 7.62. The number of hydrogen-bond acceptors (Lipinski definition) is 4. The minimum absolute atomic E-state index is 0.244. The van der Waals surface area contributed by atoms with Gasteiger partial charge in [-0.3, -0.25) is 4.79 Å². The van der Waals surface area contributed by atoms with Gasteiger partial charge in [0.2, 0.25) is 5.78 Å². The molecule has 0 N–H and O–H groups in total. The molecule has 2 heterocycles. The summed E-state index contributed by atoms with van der Waals surface area (Å²) in [5.74, 6) is -0.793. The van der Waals surface area contributed by atoms with Crippen molar-refractivity contribution in [2.24, 2.45) is 7.05 Å². The molecular weight excluding hydrogens is 394 g/mol. The largest absolute Gasteiger partial charge is 0.453 e. The number of ether oxygens (including phenoxy) is 1. The number of halogens is 1. The summed E-state index contributed by atoms with van der Waals surface area (Å²) in [6.07, 6.45) is 0. The Labute approximate surface area is 170 Å². The Balaban J connectivity index is 1.71. The van der Waals surface area contributed by atoms with Crippen LogP contribution in [0.1, 0.15) is 20.0 Å². The lowest BCUT2D eigenvalue weighted by Crippen LogP contribution is -2.14. The molecule has 28 heavy (non-hydrogen) atoms. The molecule has 0 aliphatic heterocycles. The highest BCUT2D eigenvalue weighted by Gasteiger charge is 2.23. The first kappa shape index (κ1) is 18.5. The third-order valence-electron chi connectivity index (χ3n) is 4.54. The Kier molecular flexibility index (Phi) is 5.03. The van der Waals surface area contributed by atoms with E-state index in [0.717, 1.165) is 33.5 Å². The van der Waals surface area contributed by atoms with E-state index in [2.05, 4.69) is 0 Å². The number of carbonyl (C=O) groups is 2. The maximum atomic E-state index is 13.1. The van der Waals surface area contributed by atoms with Gasteiger partial charge >= 0.3 is 5.97 Å². The molecule has 0 radical (unpaired) electrons. The fraction of sp³-hybridized carbons (Fsp3) is 0.0909. The van der Waals surface area contributed by atoms with Gasteiger partial charge < -0.3 is 9.30 Å². The number of rotatable bonds is 5. The van der Waals surface area contributed by atoms with Gasteiger partial charge in [0.05, 0.1) is 15.6 Å². The number of carbonyl (C=O) groups excluding carboxylic acids is 2. The average Bonchev–Trinajstić information content (AvgIpc) is 3.28. The van der Waals surface area contributed by atoms with Gasteiger partial charge in [-0.25, -0.2) is 4.79 Å². The zero-order valence-corrected chi connectivity index (χ0v) is 16.6. The number of fused-ring (bicyclic) bond motifs is 1. The van der Waals surface area contributed by atoms with Crippen LogP contribution >= 0.6 is 22.9 Å². The van der Waals surface area contributed by atoms with E-state index in [0.29, 0.717) is 14.8 Å². The van der Waals surface area contributed by atoms with Crippen LogP contribution in [0.2, 0.25) is 4.34 Å². The molecule has 0 fully saturated rings. The summed E-state index contributed by atoms with van der Waals surface area (Å²) in [6, 6.07) is 20.7. The zero-order chi connectivity index (χ0) is 19.7. The van der Waals surface area contributed by atoms with E-state index in [1.54, 1.807) is 12.1 Å². The summed E-state index contributed by atoms with van der Waals surface area (Å²) in [5.41, 5.74) is 3.24. The van der Waals surface area contributed by atoms with Gasteiger partial charge in [-0.15, -0.1) is 11.3 Å². The number of para-hydroxylation sites is 1. The average molecular weight is 410 g/mol. The first-order chi connectivity index (χ1) is 13.6. The Morgan fingerprint density at radius 3 is 2.43 bits per heavy atom. The lowest BCUT2D eigenvalue weighted by molar-refractivity contribution is 0.0480. The molecule has 0 amide bonds. The van der Waals surface area contributed by atoms with Crippen molar-refractivity contribution in [2.45, 2.75) is 0 Å². The Bertz CT molecular complexity index is 1180. The first-order valence-corrected chi connectivity index (χ1v) is 9.84. The normalized spacial score (nSPS) is 10.9.